The van der Waals surface area contributed by atoms with Crippen LogP contribution in [0.2, 0.25) is 0 Å². The zero-order valence-corrected chi connectivity index (χ0v) is 45.9. The molecule has 17 unspecified atom stereocenters. The summed E-state index contributed by atoms with van der Waals surface area (Å²) in [7, 11) is 0. The summed E-state index contributed by atoms with van der Waals surface area (Å²) in [5.74, 6) is -0.336. The lowest BCUT2D eigenvalue weighted by molar-refractivity contribution is -0.379. The van der Waals surface area contributed by atoms with E-state index in [0.29, 0.717) is 12.8 Å². The molecule has 0 aliphatic carbocycles. The van der Waals surface area contributed by atoms with Crippen molar-refractivity contribution in [3.63, 3.8) is 0 Å². The monoisotopic (exact) mass is 1100 g/mol. The molecular weight excluding hydrogens is 999 g/mol. The predicted octanol–water partition coefficient (Wildman–Crippen LogP) is 4.26. The maximum absolute atomic E-state index is 13.3. The second kappa shape index (κ2) is 41.3. The van der Waals surface area contributed by atoms with E-state index in [4.69, 9.17) is 28.4 Å². The summed E-state index contributed by atoms with van der Waals surface area (Å²) in [5.41, 5.74) is 0. The number of ether oxygens (including phenoxy) is 6. The summed E-state index contributed by atoms with van der Waals surface area (Å²) in [6.07, 6.45) is 20.3. The number of unbranched alkanes of at least 4 members (excludes halogenated alkanes) is 14. The first-order chi connectivity index (χ1) is 37.3. The highest BCUT2D eigenvalue weighted by Crippen LogP contribution is 2.33. The van der Waals surface area contributed by atoms with E-state index in [-0.39, 0.29) is 18.9 Å². The summed E-state index contributed by atoms with van der Waals surface area (Å²) in [6, 6.07) is -1.01. The lowest BCUT2D eigenvalue weighted by atomic mass is 9.96. The molecule has 0 aromatic rings. The number of hydrogen-bond acceptors (Lipinski definition) is 18. The van der Waals surface area contributed by atoms with Gasteiger partial charge in [0, 0.05) is 6.42 Å². The van der Waals surface area contributed by atoms with Gasteiger partial charge in [0.25, 0.3) is 0 Å². The zero-order valence-electron chi connectivity index (χ0n) is 45.9. The van der Waals surface area contributed by atoms with Gasteiger partial charge in [-0.2, -0.15) is 0 Å². The second-order valence-electron chi connectivity index (χ2n) is 20.4. The Morgan fingerprint density at radius 1 is 0.481 bits per heavy atom. The van der Waals surface area contributed by atoms with Crippen molar-refractivity contribution >= 4 is 5.91 Å². The quantitative estimate of drug-likeness (QED) is 0.0301. The second-order valence-corrected chi connectivity index (χ2v) is 20.4. The molecule has 0 saturated carbocycles. The molecule has 17 atom stereocenters. The smallest absolute Gasteiger partial charge is 0.220 e. The van der Waals surface area contributed by atoms with Gasteiger partial charge in [0.1, 0.15) is 73.2 Å². The van der Waals surface area contributed by atoms with Crippen LogP contribution in [0.5, 0.6) is 0 Å². The van der Waals surface area contributed by atoms with Crippen molar-refractivity contribution in [1.29, 1.82) is 0 Å². The third-order valence-electron chi connectivity index (χ3n) is 14.0. The van der Waals surface area contributed by atoms with Crippen molar-refractivity contribution in [2.45, 2.75) is 259 Å². The highest BCUT2D eigenvalue weighted by molar-refractivity contribution is 5.76. The highest BCUT2D eigenvalue weighted by Gasteiger charge is 2.53. The van der Waals surface area contributed by atoms with E-state index < -0.39 is 124 Å². The molecule has 1 amide bonds. The van der Waals surface area contributed by atoms with E-state index in [0.717, 1.165) is 57.8 Å². The number of carbonyl (C=O) groups excluding carboxylic acids is 1. The maximum atomic E-state index is 13.3. The Hall–Kier alpha value is -2.77. The summed E-state index contributed by atoms with van der Waals surface area (Å²) in [6.45, 7) is 1.53. The van der Waals surface area contributed by atoms with Crippen LogP contribution >= 0.6 is 0 Å². The molecule has 0 spiro atoms. The molecule has 3 saturated heterocycles. The van der Waals surface area contributed by atoms with Gasteiger partial charge in [-0.1, -0.05) is 164 Å². The van der Waals surface area contributed by atoms with Crippen LogP contribution in [-0.4, -0.2) is 193 Å². The van der Waals surface area contributed by atoms with Crippen LogP contribution in [0.4, 0.5) is 0 Å². The fraction of sp³-hybridized carbons (Fsp3) is 0.776. The standard InChI is InChI=1S/C58H99NO18/c1-3-5-7-9-11-13-15-17-19-20-22-24-26-28-30-32-34-36-46(64)59-41(42(63)35-33-31-29-27-25-23-21-18-16-14-12-10-8-6-4-2)40-72-56-52(70)49(67)54(44(38-61)74-56)77-58-53(71)50(68)55(45(39-62)75-58)76-57-51(69)48(66)47(65)43(37-60)73-57/h5,7,11,13,17,19,22,24,28,30,33,35,41-45,47-58,60-63,65-71H,3-4,6,8-10,12,14-16,18,20-21,23,25-27,29,31-32,34,36-40H2,1-2H3,(H,59,64)/b7-5-,13-11-,19-17-,24-22-,30-28-,35-33+. The minimum absolute atomic E-state index is 0.161. The van der Waals surface area contributed by atoms with Gasteiger partial charge < -0.3 is 89.9 Å². The average Bonchev–Trinajstić information content (AvgIpc) is 3.44. The first-order valence-corrected chi connectivity index (χ1v) is 28.7. The summed E-state index contributed by atoms with van der Waals surface area (Å²) in [5, 5.41) is 120. The molecule has 444 valence electrons. The summed E-state index contributed by atoms with van der Waals surface area (Å²) in [4.78, 5) is 13.3. The fourth-order valence-electron chi connectivity index (χ4n) is 9.28. The maximum Gasteiger partial charge on any atom is 0.220 e. The Labute approximate surface area is 458 Å². The molecule has 0 bridgehead atoms. The number of allylic oxidation sites excluding steroid dienone is 11. The third kappa shape index (κ3) is 25.7. The van der Waals surface area contributed by atoms with Crippen LogP contribution in [-0.2, 0) is 33.2 Å². The molecule has 19 heteroatoms. The number of rotatable bonds is 40. The van der Waals surface area contributed by atoms with Gasteiger partial charge in [-0.25, -0.2) is 0 Å². The number of carbonyl (C=O) groups is 1. The molecule has 3 aliphatic heterocycles. The van der Waals surface area contributed by atoms with Crippen molar-refractivity contribution in [3.05, 3.63) is 72.9 Å². The first kappa shape index (κ1) is 68.5. The predicted molar refractivity (Wildman–Crippen MR) is 291 cm³/mol. The van der Waals surface area contributed by atoms with Crippen LogP contribution in [0.1, 0.15) is 155 Å². The van der Waals surface area contributed by atoms with Gasteiger partial charge in [-0.05, 0) is 57.8 Å². The van der Waals surface area contributed by atoms with Gasteiger partial charge >= 0.3 is 0 Å². The summed E-state index contributed by atoms with van der Waals surface area (Å²) >= 11 is 0. The molecule has 3 heterocycles. The normalized spacial score (nSPS) is 31.3. The number of nitrogens with one attached hydrogen (secondary N) is 1. The van der Waals surface area contributed by atoms with E-state index in [2.05, 4.69) is 67.8 Å². The average molecular weight is 1100 g/mol. The first-order valence-electron chi connectivity index (χ1n) is 28.7. The van der Waals surface area contributed by atoms with Gasteiger partial charge in [0.2, 0.25) is 5.91 Å². The lowest BCUT2D eigenvalue weighted by Gasteiger charge is -2.48. The van der Waals surface area contributed by atoms with Crippen molar-refractivity contribution in [2.24, 2.45) is 0 Å². The zero-order chi connectivity index (χ0) is 56.2. The molecule has 77 heavy (non-hydrogen) atoms. The van der Waals surface area contributed by atoms with Crippen LogP contribution < -0.4 is 5.32 Å². The van der Waals surface area contributed by atoms with Crippen LogP contribution in [0.3, 0.4) is 0 Å². The third-order valence-corrected chi connectivity index (χ3v) is 14.0. The molecule has 3 fully saturated rings. The molecule has 0 aromatic heterocycles. The number of aliphatic hydroxyl groups is 11. The van der Waals surface area contributed by atoms with Gasteiger partial charge in [-0.3, -0.25) is 4.79 Å². The van der Waals surface area contributed by atoms with E-state index in [9.17, 15) is 61.0 Å². The Morgan fingerprint density at radius 2 is 0.896 bits per heavy atom. The van der Waals surface area contributed by atoms with Crippen LogP contribution in [0, 0.1) is 0 Å². The molecule has 0 aromatic carbocycles. The highest BCUT2D eigenvalue weighted by atomic mass is 16.8. The Morgan fingerprint density at radius 3 is 1.39 bits per heavy atom. The SMILES string of the molecule is CC/C=C\C/C=C\C/C=C\C/C=C\C/C=C\CCCC(=O)NC(COC1OC(CO)C(OC2OC(CO)C(OC3OC(CO)C(O)C(O)C3O)C(O)C2O)C(O)C1O)C(O)/C=C/CCCCCCCCCCCCCCC. The van der Waals surface area contributed by atoms with Crippen molar-refractivity contribution < 1.29 is 89.4 Å². The van der Waals surface area contributed by atoms with E-state index in [1.54, 1.807) is 6.08 Å². The van der Waals surface area contributed by atoms with E-state index in [1.807, 2.05) is 18.2 Å². The van der Waals surface area contributed by atoms with Crippen molar-refractivity contribution in [2.75, 3.05) is 26.4 Å². The minimum Gasteiger partial charge on any atom is -0.394 e. The van der Waals surface area contributed by atoms with Crippen molar-refractivity contribution in [3.8, 4) is 0 Å². The van der Waals surface area contributed by atoms with Gasteiger partial charge in [-0.15, -0.1) is 0 Å². The van der Waals surface area contributed by atoms with Gasteiger partial charge in [0.05, 0.1) is 38.6 Å². The molecule has 0 radical (unpaired) electrons. The van der Waals surface area contributed by atoms with E-state index >= 15 is 0 Å². The van der Waals surface area contributed by atoms with Crippen LogP contribution in [0.25, 0.3) is 0 Å². The summed E-state index contributed by atoms with van der Waals surface area (Å²) < 4.78 is 34.2. The fourth-order valence-corrected chi connectivity index (χ4v) is 9.28. The number of amides is 1. The molecule has 12 N–H and O–H groups in total. The molecule has 3 aliphatic rings. The molecule has 19 nitrogen and oxygen atoms in total. The molecule has 3 rings (SSSR count). The Kier molecular flexibility index (Phi) is 36.7. The largest absolute Gasteiger partial charge is 0.394 e. The van der Waals surface area contributed by atoms with Crippen molar-refractivity contribution in [1.82, 2.24) is 5.32 Å². The molecular formula is C58H99NO18. The van der Waals surface area contributed by atoms with E-state index in [1.165, 1.54) is 64.2 Å². The Balaban J connectivity index is 1.55. The number of aliphatic hydroxyl groups excluding tert-OH is 11. The Bertz CT molecular complexity index is 1690. The number of hydrogen-bond donors (Lipinski definition) is 12. The lowest BCUT2D eigenvalue weighted by Crippen LogP contribution is -2.66. The topological polar surface area (TPSA) is 307 Å². The van der Waals surface area contributed by atoms with Crippen LogP contribution in [0.15, 0.2) is 72.9 Å². The van der Waals surface area contributed by atoms with Gasteiger partial charge in [0.15, 0.2) is 18.9 Å². The minimum atomic E-state index is -1.99.